The van der Waals surface area contributed by atoms with Crippen LogP contribution < -0.4 is 5.30 Å². The molecule has 0 radical (unpaired) electrons. The van der Waals surface area contributed by atoms with Crippen LogP contribution in [0.1, 0.15) is 63.6 Å². The summed E-state index contributed by atoms with van der Waals surface area (Å²) in [5, 5.41) is 0.229. The topological polar surface area (TPSA) is 60.7 Å². The van der Waals surface area contributed by atoms with Gasteiger partial charge in [-0.3, -0.25) is 0 Å². The van der Waals surface area contributed by atoms with Crippen molar-refractivity contribution in [1.29, 1.82) is 0 Å². The second kappa shape index (κ2) is 9.10. The summed E-state index contributed by atoms with van der Waals surface area (Å²) < 4.78 is 0. The third kappa shape index (κ3) is 5.62. The first kappa shape index (κ1) is 21.1. The first-order valence-electron chi connectivity index (χ1n) is 9.66. The monoisotopic (exact) mass is 376 g/mol. The molecule has 2 aromatic rings. The molecule has 0 fully saturated rings. The van der Waals surface area contributed by atoms with Gasteiger partial charge in [-0.2, -0.15) is 0 Å². The van der Waals surface area contributed by atoms with Crippen LogP contribution in [-0.4, -0.2) is 14.7 Å². The molecule has 0 spiro atoms. The molecule has 0 aliphatic carbocycles. The van der Waals surface area contributed by atoms with Crippen molar-refractivity contribution in [3.05, 3.63) is 66.2 Å². The number of benzene rings is 2. The van der Waals surface area contributed by atoms with Crippen LogP contribution in [0.15, 0.2) is 60.7 Å². The predicted octanol–water partition coefficient (Wildman–Crippen LogP) is 5.33. The molecule has 0 heterocycles. The number of rotatable bonds is 10. The summed E-state index contributed by atoms with van der Waals surface area (Å²) in [7, 11) is -5.03. The van der Waals surface area contributed by atoms with Gasteiger partial charge in [-0.1, -0.05) is 0 Å². The Hall–Kier alpha value is -1.25. The SMILES string of the molecule is CC(C)CCCCCCC(c1ccccc1)P(O)(O)(O)c1ccccc1. The van der Waals surface area contributed by atoms with Gasteiger partial charge in [0.25, 0.3) is 0 Å². The number of hydrogen-bond acceptors (Lipinski definition) is 3. The van der Waals surface area contributed by atoms with Crippen molar-refractivity contribution in [2.24, 2.45) is 5.92 Å². The Kier molecular flexibility index (Phi) is 7.37. The quantitative estimate of drug-likeness (QED) is 0.388. The molecular formula is C22H33O3P. The molecule has 4 heteroatoms. The standard InChI is InChI=1S/C22H33O3P/c1-19(2)13-7-3-4-12-18-22(20-14-8-5-9-15-20)26(23,24,25)21-16-10-6-11-17-21/h5-6,8-11,14-17,19,22-25H,3-4,7,12-13,18H2,1-2H3. The van der Waals surface area contributed by atoms with Crippen LogP contribution >= 0.6 is 7.28 Å². The third-order valence-corrected chi connectivity index (χ3v) is 8.01. The molecule has 2 rings (SSSR count). The van der Waals surface area contributed by atoms with Crippen LogP contribution in [0.5, 0.6) is 0 Å². The molecule has 0 saturated heterocycles. The molecule has 1 atom stereocenters. The summed E-state index contributed by atoms with van der Waals surface area (Å²) in [6, 6.07) is 17.9. The second-order valence-electron chi connectivity index (χ2n) is 7.69. The van der Waals surface area contributed by atoms with E-state index in [0.717, 1.165) is 30.7 Å². The summed E-state index contributed by atoms with van der Waals surface area (Å²) in [5.41, 5.74) is 0.0957. The van der Waals surface area contributed by atoms with E-state index in [1.165, 1.54) is 12.8 Å². The van der Waals surface area contributed by atoms with Crippen LogP contribution in [-0.2, 0) is 0 Å². The van der Waals surface area contributed by atoms with Crippen LogP contribution in [0.4, 0.5) is 0 Å². The van der Waals surface area contributed by atoms with Gasteiger partial charge >= 0.3 is 157 Å². The first-order chi connectivity index (χ1) is 12.3. The van der Waals surface area contributed by atoms with E-state index < -0.39 is 12.9 Å². The van der Waals surface area contributed by atoms with E-state index in [4.69, 9.17) is 0 Å². The van der Waals surface area contributed by atoms with E-state index in [2.05, 4.69) is 13.8 Å². The molecule has 0 amide bonds. The molecule has 1 unspecified atom stereocenters. The molecule has 0 aliphatic heterocycles. The van der Waals surface area contributed by atoms with E-state index in [-0.39, 0.29) is 5.30 Å². The molecule has 0 aliphatic rings. The van der Waals surface area contributed by atoms with Gasteiger partial charge in [-0.05, 0) is 0 Å². The molecule has 0 bridgehead atoms. The van der Waals surface area contributed by atoms with E-state index in [1.54, 1.807) is 24.3 Å². The normalized spacial score (nSPS) is 14.8. The van der Waals surface area contributed by atoms with E-state index >= 15 is 0 Å². The minimum atomic E-state index is -5.03. The second-order valence-corrected chi connectivity index (χ2v) is 10.9. The van der Waals surface area contributed by atoms with Gasteiger partial charge < -0.3 is 0 Å². The molecular weight excluding hydrogens is 343 g/mol. The zero-order chi connectivity index (χ0) is 19.1. The van der Waals surface area contributed by atoms with Crippen molar-refractivity contribution in [3.63, 3.8) is 0 Å². The van der Waals surface area contributed by atoms with Crippen molar-refractivity contribution >= 4 is 12.6 Å². The third-order valence-electron chi connectivity index (χ3n) is 5.02. The van der Waals surface area contributed by atoms with Gasteiger partial charge in [0, 0.05) is 0 Å². The molecule has 144 valence electrons. The van der Waals surface area contributed by atoms with Crippen LogP contribution in [0.3, 0.4) is 0 Å². The van der Waals surface area contributed by atoms with Crippen LogP contribution in [0.2, 0.25) is 0 Å². The number of unbranched alkanes of at least 4 members (excludes halogenated alkanes) is 3. The maximum atomic E-state index is 11.1. The zero-order valence-electron chi connectivity index (χ0n) is 16.0. The zero-order valence-corrected chi connectivity index (χ0v) is 16.9. The van der Waals surface area contributed by atoms with Gasteiger partial charge in [-0.25, -0.2) is 0 Å². The molecule has 3 N–H and O–H groups in total. The van der Waals surface area contributed by atoms with E-state index in [1.807, 2.05) is 36.4 Å². The van der Waals surface area contributed by atoms with Gasteiger partial charge in [0.15, 0.2) is 0 Å². The Balaban J connectivity index is 2.15. The Bertz CT molecular complexity index is 647. The number of hydrogen-bond donors (Lipinski definition) is 3. The fourth-order valence-electron chi connectivity index (χ4n) is 3.49. The Morgan fingerprint density at radius 3 is 1.73 bits per heavy atom. The van der Waals surface area contributed by atoms with Gasteiger partial charge in [0.1, 0.15) is 0 Å². The summed E-state index contributed by atoms with van der Waals surface area (Å²) in [6.07, 6.45) is 6.03. The van der Waals surface area contributed by atoms with Crippen molar-refractivity contribution in [1.82, 2.24) is 0 Å². The van der Waals surface area contributed by atoms with E-state index in [9.17, 15) is 14.7 Å². The van der Waals surface area contributed by atoms with Crippen LogP contribution in [0.25, 0.3) is 0 Å². The van der Waals surface area contributed by atoms with Gasteiger partial charge in [0.05, 0.1) is 0 Å². The molecule has 0 saturated carbocycles. The Morgan fingerprint density at radius 2 is 1.19 bits per heavy atom. The van der Waals surface area contributed by atoms with Gasteiger partial charge in [0.2, 0.25) is 0 Å². The maximum absolute atomic E-state index is 11.1. The minimum absolute atomic E-state index is 0.229. The van der Waals surface area contributed by atoms with Crippen molar-refractivity contribution < 1.29 is 14.7 Å². The van der Waals surface area contributed by atoms with Crippen LogP contribution in [0, 0.1) is 5.92 Å². The van der Waals surface area contributed by atoms with Crippen molar-refractivity contribution in [2.45, 2.75) is 58.0 Å². The Morgan fingerprint density at radius 1 is 0.692 bits per heavy atom. The fraction of sp³-hybridized carbons (Fsp3) is 0.455. The summed E-state index contributed by atoms with van der Waals surface area (Å²) >= 11 is 0. The van der Waals surface area contributed by atoms with Crippen molar-refractivity contribution in [3.8, 4) is 0 Å². The molecule has 3 nitrogen and oxygen atoms in total. The summed E-state index contributed by atoms with van der Waals surface area (Å²) in [5.74, 6) is 0.723. The summed E-state index contributed by atoms with van der Waals surface area (Å²) in [4.78, 5) is 33.2. The average molecular weight is 376 g/mol. The van der Waals surface area contributed by atoms with E-state index in [0.29, 0.717) is 6.42 Å². The molecule has 26 heavy (non-hydrogen) atoms. The first-order valence-corrected chi connectivity index (χ1v) is 11.8. The Labute approximate surface area is 157 Å². The summed E-state index contributed by atoms with van der Waals surface area (Å²) in [6.45, 7) is 4.47. The predicted molar refractivity (Wildman–Crippen MR) is 111 cm³/mol. The molecule has 2 aromatic carbocycles. The fourth-order valence-corrected chi connectivity index (χ4v) is 5.98. The van der Waals surface area contributed by atoms with Gasteiger partial charge in [-0.15, -0.1) is 0 Å². The van der Waals surface area contributed by atoms with Crippen molar-refractivity contribution in [2.75, 3.05) is 0 Å². The molecule has 0 aromatic heterocycles. The average Bonchev–Trinajstić information content (AvgIpc) is 2.61.